The topological polar surface area (TPSA) is 62.2 Å². The Balaban J connectivity index is 2.25. The van der Waals surface area contributed by atoms with Crippen LogP contribution in [0.25, 0.3) is 0 Å². The first-order valence-corrected chi connectivity index (χ1v) is 8.86. The fourth-order valence-corrected chi connectivity index (χ4v) is 3.88. The number of hydrogen-bond donors (Lipinski definition) is 2. The van der Waals surface area contributed by atoms with Crippen molar-refractivity contribution in [3.05, 3.63) is 59.7 Å². The number of para-hydroxylation sites is 2. The van der Waals surface area contributed by atoms with Gasteiger partial charge in [0, 0.05) is 24.2 Å². The SMILES string of the molecule is COc1ccccc1C(O)(c1ccccc1OC)C1(O)CCN(C)CC1. The maximum absolute atomic E-state index is 12.1. The molecule has 1 aliphatic rings. The molecule has 1 saturated heterocycles. The highest BCUT2D eigenvalue weighted by atomic mass is 16.5. The number of methoxy groups -OCH3 is 2. The van der Waals surface area contributed by atoms with Crippen LogP contribution in [-0.4, -0.2) is 55.1 Å². The Morgan fingerprint density at radius 1 is 0.885 bits per heavy atom. The zero-order valence-corrected chi connectivity index (χ0v) is 15.6. The molecule has 1 heterocycles. The second-order valence-electron chi connectivity index (χ2n) is 6.95. The van der Waals surface area contributed by atoms with Crippen molar-refractivity contribution >= 4 is 0 Å². The quantitative estimate of drug-likeness (QED) is 0.860. The Kier molecular flexibility index (Phi) is 5.23. The third kappa shape index (κ3) is 2.96. The molecule has 3 rings (SSSR count). The standard InChI is InChI=1S/C21H27NO4/c1-22-14-12-20(23,13-15-22)21(24,16-8-4-6-10-18(16)25-2)17-9-5-7-11-19(17)26-3/h4-11,23-24H,12-15H2,1-3H3. The van der Waals surface area contributed by atoms with Gasteiger partial charge in [0.1, 0.15) is 17.1 Å². The summed E-state index contributed by atoms with van der Waals surface area (Å²) in [6.07, 6.45) is 0.881. The van der Waals surface area contributed by atoms with E-state index < -0.39 is 11.2 Å². The number of likely N-dealkylation sites (tertiary alicyclic amines) is 1. The highest BCUT2D eigenvalue weighted by Gasteiger charge is 2.54. The number of benzene rings is 2. The molecule has 2 aromatic carbocycles. The summed E-state index contributed by atoms with van der Waals surface area (Å²) in [6, 6.07) is 14.6. The van der Waals surface area contributed by atoms with Crippen LogP contribution in [0.1, 0.15) is 24.0 Å². The van der Waals surface area contributed by atoms with E-state index in [0.29, 0.717) is 48.6 Å². The molecule has 1 fully saturated rings. The molecular weight excluding hydrogens is 330 g/mol. The molecule has 0 unspecified atom stereocenters. The van der Waals surface area contributed by atoms with Crippen LogP contribution >= 0.6 is 0 Å². The van der Waals surface area contributed by atoms with Gasteiger partial charge in [0.15, 0.2) is 5.60 Å². The van der Waals surface area contributed by atoms with E-state index in [4.69, 9.17) is 9.47 Å². The van der Waals surface area contributed by atoms with Crippen molar-refractivity contribution in [3.63, 3.8) is 0 Å². The fraction of sp³-hybridized carbons (Fsp3) is 0.429. The Morgan fingerprint density at radius 3 is 1.73 bits per heavy atom. The molecule has 140 valence electrons. The number of hydrogen-bond acceptors (Lipinski definition) is 5. The lowest BCUT2D eigenvalue weighted by Gasteiger charge is -2.48. The van der Waals surface area contributed by atoms with Gasteiger partial charge in [-0.3, -0.25) is 0 Å². The van der Waals surface area contributed by atoms with Gasteiger partial charge in [-0.15, -0.1) is 0 Å². The number of aliphatic hydroxyl groups is 2. The minimum absolute atomic E-state index is 0.441. The molecule has 0 bridgehead atoms. The van der Waals surface area contributed by atoms with E-state index in [1.165, 1.54) is 0 Å². The Morgan fingerprint density at radius 2 is 1.31 bits per heavy atom. The van der Waals surface area contributed by atoms with Gasteiger partial charge < -0.3 is 24.6 Å². The highest BCUT2D eigenvalue weighted by Crippen LogP contribution is 2.50. The van der Waals surface area contributed by atoms with Gasteiger partial charge in [0.05, 0.1) is 14.2 Å². The molecule has 0 radical (unpaired) electrons. The van der Waals surface area contributed by atoms with Gasteiger partial charge >= 0.3 is 0 Å². The molecule has 2 N–H and O–H groups in total. The van der Waals surface area contributed by atoms with Crippen molar-refractivity contribution in [2.45, 2.75) is 24.0 Å². The van der Waals surface area contributed by atoms with Crippen LogP contribution in [0.2, 0.25) is 0 Å². The van der Waals surface area contributed by atoms with Gasteiger partial charge in [-0.1, -0.05) is 36.4 Å². The fourth-order valence-electron chi connectivity index (χ4n) is 3.88. The van der Waals surface area contributed by atoms with Crippen LogP contribution in [-0.2, 0) is 5.60 Å². The minimum atomic E-state index is -1.66. The average molecular weight is 357 g/mol. The number of piperidine rings is 1. The van der Waals surface area contributed by atoms with E-state index in [-0.39, 0.29) is 0 Å². The van der Waals surface area contributed by atoms with Gasteiger partial charge in [-0.25, -0.2) is 0 Å². The maximum atomic E-state index is 12.1. The predicted molar refractivity (Wildman–Crippen MR) is 101 cm³/mol. The molecule has 0 amide bonds. The van der Waals surface area contributed by atoms with Gasteiger partial charge in [-0.2, -0.15) is 0 Å². The largest absolute Gasteiger partial charge is 0.496 e. The lowest BCUT2D eigenvalue weighted by atomic mass is 9.68. The monoisotopic (exact) mass is 357 g/mol. The van der Waals surface area contributed by atoms with Crippen molar-refractivity contribution in [1.29, 1.82) is 0 Å². The van der Waals surface area contributed by atoms with E-state index in [0.717, 1.165) is 0 Å². The molecule has 2 aromatic rings. The molecule has 0 saturated carbocycles. The number of ether oxygens (including phenoxy) is 2. The van der Waals surface area contributed by atoms with Crippen LogP contribution in [0.15, 0.2) is 48.5 Å². The molecule has 0 atom stereocenters. The van der Waals surface area contributed by atoms with E-state index in [1.807, 2.05) is 43.4 Å². The van der Waals surface area contributed by atoms with E-state index in [9.17, 15) is 10.2 Å². The third-order valence-corrected chi connectivity index (χ3v) is 5.48. The van der Waals surface area contributed by atoms with Crippen molar-refractivity contribution in [1.82, 2.24) is 4.90 Å². The predicted octanol–water partition coefficient (Wildman–Crippen LogP) is 2.40. The normalized spacial score (nSPS) is 17.7. The molecular formula is C21H27NO4. The van der Waals surface area contributed by atoms with Crippen molar-refractivity contribution in [2.75, 3.05) is 34.4 Å². The second-order valence-corrected chi connectivity index (χ2v) is 6.95. The van der Waals surface area contributed by atoms with Crippen LogP contribution < -0.4 is 9.47 Å². The maximum Gasteiger partial charge on any atom is 0.150 e. The van der Waals surface area contributed by atoms with Gasteiger partial charge in [0.2, 0.25) is 0 Å². The van der Waals surface area contributed by atoms with Crippen LogP contribution in [0.5, 0.6) is 11.5 Å². The van der Waals surface area contributed by atoms with E-state index >= 15 is 0 Å². The van der Waals surface area contributed by atoms with Crippen LogP contribution in [0.4, 0.5) is 0 Å². The summed E-state index contributed by atoms with van der Waals surface area (Å²) in [5.41, 5.74) is -1.92. The average Bonchev–Trinajstić information content (AvgIpc) is 2.69. The molecule has 0 aliphatic carbocycles. The summed E-state index contributed by atoms with van der Waals surface area (Å²) in [5, 5.41) is 23.8. The minimum Gasteiger partial charge on any atom is -0.496 e. The summed E-state index contributed by atoms with van der Waals surface area (Å²) in [4.78, 5) is 2.15. The summed E-state index contributed by atoms with van der Waals surface area (Å²) in [6.45, 7) is 1.40. The van der Waals surface area contributed by atoms with Crippen molar-refractivity contribution < 1.29 is 19.7 Å². The molecule has 0 aromatic heterocycles. The Bertz CT molecular complexity index is 706. The molecule has 26 heavy (non-hydrogen) atoms. The molecule has 0 spiro atoms. The third-order valence-electron chi connectivity index (χ3n) is 5.48. The lowest BCUT2D eigenvalue weighted by molar-refractivity contribution is -0.158. The summed E-state index contributed by atoms with van der Waals surface area (Å²) < 4.78 is 11.0. The lowest BCUT2D eigenvalue weighted by Crippen LogP contribution is -2.57. The van der Waals surface area contributed by atoms with Gasteiger partial charge in [0.25, 0.3) is 0 Å². The van der Waals surface area contributed by atoms with E-state index in [2.05, 4.69) is 4.90 Å². The Hall–Kier alpha value is -2.08. The number of rotatable bonds is 5. The molecule has 5 nitrogen and oxygen atoms in total. The first kappa shape index (κ1) is 18.7. The molecule has 1 aliphatic heterocycles. The summed E-state index contributed by atoms with van der Waals surface area (Å²) >= 11 is 0. The van der Waals surface area contributed by atoms with Gasteiger partial charge in [-0.05, 0) is 32.0 Å². The smallest absolute Gasteiger partial charge is 0.150 e. The van der Waals surface area contributed by atoms with Crippen LogP contribution in [0, 0.1) is 0 Å². The molecule has 5 heteroatoms. The van der Waals surface area contributed by atoms with E-state index in [1.54, 1.807) is 26.4 Å². The summed E-state index contributed by atoms with van der Waals surface area (Å²) in [5.74, 6) is 1.07. The number of nitrogens with zero attached hydrogens (tertiary/aromatic N) is 1. The van der Waals surface area contributed by atoms with Crippen molar-refractivity contribution in [2.24, 2.45) is 0 Å². The first-order valence-electron chi connectivity index (χ1n) is 8.86. The van der Waals surface area contributed by atoms with Crippen molar-refractivity contribution in [3.8, 4) is 11.5 Å². The Labute approximate surface area is 154 Å². The highest BCUT2D eigenvalue weighted by molar-refractivity contribution is 5.52. The second kappa shape index (κ2) is 7.27. The zero-order valence-electron chi connectivity index (χ0n) is 15.6. The first-order chi connectivity index (χ1) is 12.5. The summed E-state index contributed by atoms with van der Waals surface area (Å²) in [7, 11) is 5.16. The zero-order chi connectivity index (χ0) is 18.8. The van der Waals surface area contributed by atoms with Crippen LogP contribution in [0.3, 0.4) is 0 Å².